The van der Waals surface area contributed by atoms with Gasteiger partial charge in [0, 0.05) is 24.3 Å². The van der Waals surface area contributed by atoms with Crippen molar-refractivity contribution in [1.82, 2.24) is 9.55 Å². The molecule has 2 aromatic rings. The van der Waals surface area contributed by atoms with Gasteiger partial charge >= 0.3 is 11.9 Å². The van der Waals surface area contributed by atoms with Gasteiger partial charge in [0.1, 0.15) is 11.9 Å². The number of ether oxygens (including phenoxy) is 1. The van der Waals surface area contributed by atoms with Crippen LogP contribution in [0.1, 0.15) is 64.6 Å². The highest BCUT2D eigenvalue weighted by atomic mass is 19.3. The van der Waals surface area contributed by atoms with Crippen molar-refractivity contribution in [3.05, 3.63) is 40.4 Å². The summed E-state index contributed by atoms with van der Waals surface area (Å²) in [5, 5.41) is 0.477. The standard InChI is InChI=1S/C24H28F2N2O3/c1-22(2)15-8-10-23(22,3)18(12-15)31-21(30)24(25,26)13-14-9-11-28-19(14)27-17-7-5-4-6-16(17)20(28)29/h4-7,14-15,18H,8-13H2,1-3H3. The number of carbonyl (C=O) groups is 1. The van der Waals surface area contributed by atoms with Crippen LogP contribution in [0, 0.1) is 16.7 Å². The van der Waals surface area contributed by atoms with Crippen LogP contribution in [-0.4, -0.2) is 27.5 Å². The fraction of sp³-hybridized carbons (Fsp3) is 0.625. The van der Waals surface area contributed by atoms with Crippen LogP contribution in [-0.2, 0) is 16.1 Å². The van der Waals surface area contributed by atoms with Gasteiger partial charge in [0.25, 0.3) is 5.56 Å². The minimum absolute atomic E-state index is 0.0240. The molecule has 166 valence electrons. The van der Waals surface area contributed by atoms with Gasteiger partial charge in [0.05, 0.1) is 10.9 Å². The lowest BCUT2D eigenvalue weighted by Gasteiger charge is -2.38. The fourth-order valence-corrected chi connectivity index (χ4v) is 6.24. The van der Waals surface area contributed by atoms with Crippen molar-refractivity contribution in [2.24, 2.45) is 16.7 Å². The summed E-state index contributed by atoms with van der Waals surface area (Å²) in [6.07, 6.45) is 1.80. The van der Waals surface area contributed by atoms with Crippen molar-refractivity contribution in [3.63, 3.8) is 0 Å². The van der Waals surface area contributed by atoms with Crippen LogP contribution in [0.2, 0.25) is 0 Å². The molecule has 0 radical (unpaired) electrons. The first-order valence-electron chi connectivity index (χ1n) is 11.1. The van der Waals surface area contributed by atoms with Crippen molar-refractivity contribution < 1.29 is 18.3 Å². The summed E-state index contributed by atoms with van der Waals surface area (Å²) in [5.41, 5.74) is -0.0132. The lowest BCUT2D eigenvalue weighted by atomic mass is 9.70. The van der Waals surface area contributed by atoms with Crippen LogP contribution < -0.4 is 5.56 Å². The first kappa shape index (κ1) is 20.6. The minimum atomic E-state index is -3.62. The maximum absolute atomic E-state index is 15.0. The maximum atomic E-state index is 15.0. The third-order valence-corrected chi connectivity index (χ3v) is 8.72. The van der Waals surface area contributed by atoms with Gasteiger partial charge in [0.2, 0.25) is 0 Å². The lowest BCUT2D eigenvalue weighted by molar-refractivity contribution is -0.186. The zero-order valence-electron chi connectivity index (χ0n) is 18.2. The Morgan fingerprint density at radius 2 is 2.00 bits per heavy atom. The van der Waals surface area contributed by atoms with Gasteiger partial charge in [-0.1, -0.05) is 32.9 Å². The molecule has 0 amide bonds. The lowest BCUT2D eigenvalue weighted by Crippen LogP contribution is -2.42. The Bertz CT molecular complexity index is 1130. The monoisotopic (exact) mass is 430 g/mol. The third-order valence-electron chi connectivity index (χ3n) is 8.72. The summed E-state index contributed by atoms with van der Waals surface area (Å²) < 4.78 is 36.9. The SMILES string of the molecule is CC1(C)C2CCC1(C)C(OC(=O)C(F)(F)CC1CCn3c1nc1ccccc1c3=O)C2. The number of hydrogen-bond acceptors (Lipinski definition) is 4. The second-order valence-corrected chi connectivity index (χ2v) is 10.3. The van der Waals surface area contributed by atoms with E-state index in [1.807, 2.05) is 0 Å². The first-order chi connectivity index (χ1) is 14.5. The largest absolute Gasteiger partial charge is 0.457 e. The number of hydrogen-bond donors (Lipinski definition) is 0. The molecular weight excluding hydrogens is 402 g/mol. The molecule has 4 unspecified atom stereocenters. The summed E-state index contributed by atoms with van der Waals surface area (Å²) in [6, 6.07) is 6.91. The Kier molecular flexibility index (Phi) is 4.38. The fourth-order valence-electron chi connectivity index (χ4n) is 6.24. The van der Waals surface area contributed by atoms with Gasteiger partial charge in [-0.25, -0.2) is 9.78 Å². The van der Waals surface area contributed by atoms with Crippen molar-refractivity contribution in [2.45, 2.75) is 77.4 Å². The van der Waals surface area contributed by atoms with Crippen LogP contribution in [0.25, 0.3) is 10.9 Å². The summed E-state index contributed by atoms with van der Waals surface area (Å²) in [6.45, 7) is 6.70. The molecule has 2 aliphatic carbocycles. The number of carbonyl (C=O) groups excluding carboxylic acids is 1. The second-order valence-electron chi connectivity index (χ2n) is 10.3. The van der Waals surface area contributed by atoms with E-state index in [1.54, 1.807) is 24.3 Å². The molecular formula is C24H28F2N2O3. The number of nitrogens with zero attached hydrogens (tertiary/aromatic N) is 2. The molecule has 0 saturated heterocycles. The van der Waals surface area contributed by atoms with Gasteiger partial charge in [0.15, 0.2) is 0 Å². The average molecular weight is 430 g/mol. The van der Waals surface area contributed by atoms with Crippen molar-refractivity contribution in [2.75, 3.05) is 0 Å². The Morgan fingerprint density at radius 1 is 1.26 bits per heavy atom. The number of rotatable bonds is 4. The van der Waals surface area contributed by atoms with Crippen LogP contribution >= 0.6 is 0 Å². The zero-order valence-corrected chi connectivity index (χ0v) is 18.2. The Labute approximate surface area is 179 Å². The van der Waals surface area contributed by atoms with Crippen LogP contribution in [0.15, 0.2) is 29.1 Å². The number of halogens is 2. The molecule has 7 heteroatoms. The number of aromatic nitrogens is 2. The van der Waals surface area contributed by atoms with E-state index in [1.165, 1.54) is 4.57 Å². The summed E-state index contributed by atoms with van der Waals surface area (Å²) in [5.74, 6) is -4.99. The second kappa shape index (κ2) is 6.59. The van der Waals surface area contributed by atoms with E-state index in [9.17, 15) is 9.59 Å². The molecule has 4 atom stereocenters. The summed E-state index contributed by atoms with van der Waals surface area (Å²) in [7, 11) is 0. The van der Waals surface area contributed by atoms with E-state index >= 15 is 8.78 Å². The summed E-state index contributed by atoms with van der Waals surface area (Å²) >= 11 is 0. The van der Waals surface area contributed by atoms with Crippen LogP contribution in [0.4, 0.5) is 8.78 Å². The molecule has 0 N–H and O–H groups in total. The molecule has 2 fully saturated rings. The quantitative estimate of drug-likeness (QED) is 0.662. The van der Waals surface area contributed by atoms with E-state index in [4.69, 9.17) is 4.74 Å². The molecule has 2 saturated carbocycles. The topological polar surface area (TPSA) is 61.2 Å². The highest BCUT2D eigenvalue weighted by Crippen LogP contribution is 2.66. The Morgan fingerprint density at radius 3 is 2.68 bits per heavy atom. The number of alkyl halides is 2. The average Bonchev–Trinajstić information content (AvgIpc) is 3.27. The normalized spacial score (nSPS) is 31.2. The maximum Gasteiger partial charge on any atom is 0.377 e. The Hall–Kier alpha value is -2.31. The van der Waals surface area contributed by atoms with E-state index < -0.39 is 30.3 Å². The summed E-state index contributed by atoms with van der Waals surface area (Å²) in [4.78, 5) is 29.8. The predicted octanol–water partition coefficient (Wildman–Crippen LogP) is 4.67. The minimum Gasteiger partial charge on any atom is -0.457 e. The highest BCUT2D eigenvalue weighted by Gasteiger charge is 2.63. The smallest absolute Gasteiger partial charge is 0.377 e. The van der Waals surface area contributed by atoms with Gasteiger partial charge < -0.3 is 4.74 Å². The van der Waals surface area contributed by atoms with Gasteiger partial charge in [-0.2, -0.15) is 8.78 Å². The molecule has 2 heterocycles. The molecule has 2 bridgehead atoms. The molecule has 31 heavy (non-hydrogen) atoms. The number of fused-ring (bicyclic) bond motifs is 4. The van der Waals surface area contributed by atoms with E-state index in [2.05, 4.69) is 25.8 Å². The van der Waals surface area contributed by atoms with E-state index in [-0.39, 0.29) is 16.4 Å². The van der Waals surface area contributed by atoms with Gasteiger partial charge in [-0.05, 0) is 49.1 Å². The molecule has 1 aromatic carbocycles. The van der Waals surface area contributed by atoms with Gasteiger partial charge in [-0.3, -0.25) is 9.36 Å². The number of para-hydroxylation sites is 1. The zero-order chi connectivity index (χ0) is 22.2. The number of esters is 1. The van der Waals surface area contributed by atoms with Crippen LogP contribution in [0.5, 0.6) is 0 Å². The molecule has 1 aromatic heterocycles. The van der Waals surface area contributed by atoms with E-state index in [0.29, 0.717) is 42.0 Å². The van der Waals surface area contributed by atoms with Gasteiger partial charge in [-0.15, -0.1) is 0 Å². The Balaban J connectivity index is 1.35. The van der Waals surface area contributed by atoms with E-state index in [0.717, 1.165) is 12.8 Å². The van der Waals surface area contributed by atoms with Crippen molar-refractivity contribution >= 4 is 16.9 Å². The van der Waals surface area contributed by atoms with Crippen molar-refractivity contribution in [1.29, 1.82) is 0 Å². The molecule has 1 aliphatic heterocycles. The number of benzene rings is 1. The molecule has 5 rings (SSSR count). The molecule has 0 spiro atoms. The first-order valence-corrected chi connectivity index (χ1v) is 11.1. The molecule has 3 aliphatic rings. The van der Waals surface area contributed by atoms with Crippen LogP contribution in [0.3, 0.4) is 0 Å². The third kappa shape index (κ3) is 2.88. The molecule has 5 nitrogen and oxygen atoms in total. The van der Waals surface area contributed by atoms with Crippen molar-refractivity contribution in [3.8, 4) is 0 Å². The predicted molar refractivity (Wildman–Crippen MR) is 112 cm³/mol. The highest BCUT2D eigenvalue weighted by molar-refractivity contribution is 5.78.